The number of benzene rings is 3. The number of carbonyl (C=O) groups is 1. The van der Waals surface area contributed by atoms with Gasteiger partial charge in [-0.25, -0.2) is 0 Å². The fraction of sp³-hybridized carbons (Fsp3) is 0.190. The Balaban J connectivity index is 2.15. The van der Waals surface area contributed by atoms with Crippen molar-refractivity contribution in [2.75, 3.05) is 6.26 Å². The van der Waals surface area contributed by atoms with Gasteiger partial charge in [-0.05, 0) is 35.6 Å². The normalized spacial score (nSPS) is 13.4. The number of nitrogens with one attached hydrogen (secondary N) is 1. The molecule has 0 saturated heterocycles. The van der Waals surface area contributed by atoms with Crippen molar-refractivity contribution in [1.29, 1.82) is 0 Å². The molecule has 2 N–H and O–H groups in total. The maximum Gasteiger partial charge on any atom is 0.233 e. The Labute approximate surface area is 152 Å². The molecule has 2 atom stereocenters. The second-order valence-corrected chi connectivity index (χ2v) is 7.13. The molecule has 3 aromatic rings. The lowest BCUT2D eigenvalue weighted by molar-refractivity contribution is -0.120. The van der Waals surface area contributed by atoms with Crippen molar-refractivity contribution in [2.45, 2.75) is 18.2 Å². The van der Waals surface area contributed by atoms with Crippen LogP contribution in [0.15, 0.2) is 66.7 Å². The molecule has 0 aliphatic rings. The largest absolute Gasteiger partial charge is 0.508 e. The molecule has 3 rings (SSSR count). The summed E-state index contributed by atoms with van der Waals surface area (Å²) in [5.41, 5.74) is 1.67. The molecular weight excluding hydrogens is 330 g/mol. The zero-order valence-electron chi connectivity index (χ0n) is 14.3. The summed E-state index contributed by atoms with van der Waals surface area (Å²) in [6.45, 7) is 1.88. The Hall–Kier alpha value is -2.46. The second-order valence-electron chi connectivity index (χ2n) is 5.95. The van der Waals surface area contributed by atoms with E-state index in [0.29, 0.717) is 0 Å². The predicted molar refractivity (Wildman–Crippen MR) is 105 cm³/mol. The van der Waals surface area contributed by atoms with E-state index in [0.717, 1.165) is 21.9 Å². The minimum atomic E-state index is -0.408. The molecule has 4 heteroatoms. The van der Waals surface area contributed by atoms with Crippen LogP contribution in [-0.2, 0) is 4.79 Å². The molecule has 128 valence electrons. The molecule has 0 saturated carbocycles. The van der Waals surface area contributed by atoms with Crippen molar-refractivity contribution < 1.29 is 9.90 Å². The number of rotatable bonds is 5. The fourth-order valence-corrected chi connectivity index (χ4v) is 3.20. The Bertz CT molecular complexity index is 879. The lowest BCUT2D eigenvalue weighted by Gasteiger charge is -2.24. The smallest absolute Gasteiger partial charge is 0.233 e. The van der Waals surface area contributed by atoms with Gasteiger partial charge in [0, 0.05) is 5.56 Å². The van der Waals surface area contributed by atoms with Crippen molar-refractivity contribution >= 4 is 28.4 Å². The Morgan fingerprint density at radius 2 is 1.68 bits per heavy atom. The van der Waals surface area contributed by atoms with Crippen LogP contribution in [0, 0.1) is 0 Å². The third-order valence-corrected chi connectivity index (χ3v) is 5.30. The summed E-state index contributed by atoms with van der Waals surface area (Å²) in [5.74, 6) is 0.137. The highest BCUT2D eigenvalue weighted by molar-refractivity contribution is 7.99. The van der Waals surface area contributed by atoms with Gasteiger partial charge in [-0.3, -0.25) is 4.79 Å². The van der Waals surface area contributed by atoms with E-state index in [1.807, 2.05) is 73.8 Å². The molecule has 0 heterocycles. The zero-order chi connectivity index (χ0) is 17.8. The first-order valence-corrected chi connectivity index (χ1v) is 9.49. The van der Waals surface area contributed by atoms with Crippen LogP contribution >= 0.6 is 11.8 Å². The van der Waals surface area contributed by atoms with Crippen molar-refractivity contribution in [3.05, 3.63) is 77.9 Å². The number of hydrogen-bond donors (Lipinski definition) is 2. The first kappa shape index (κ1) is 17.4. The highest BCUT2D eigenvalue weighted by atomic mass is 32.2. The lowest BCUT2D eigenvalue weighted by atomic mass is 9.92. The fourth-order valence-electron chi connectivity index (χ4n) is 2.92. The van der Waals surface area contributed by atoms with Crippen LogP contribution in [0.3, 0.4) is 0 Å². The van der Waals surface area contributed by atoms with E-state index in [2.05, 4.69) is 5.32 Å². The Kier molecular flexibility index (Phi) is 5.29. The molecule has 1 amide bonds. The Morgan fingerprint density at radius 3 is 2.40 bits per heavy atom. The van der Waals surface area contributed by atoms with Crippen molar-refractivity contribution in [3.8, 4) is 5.75 Å². The quantitative estimate of drug-likeness (QED) is 0.711. The van der Waals surface area contributed by atoms with Gasteiger partial charge in [0.25, 0.3) is 0 Å². The molecule has 0 fully saturated rings. The minimum absolute atomic E-state index is 0.0475. The van der Waals surface area contributed by atoms with Gasteiger partial charge >= 0.3 is 0 Å². The summed E-state index contributed by atoms with van der Waals surface area (Å²) in [4.78, 5) is 12.6. The van der Waals surface area contributed by atoms with Crippen molar-refractivity contribution in [1.82, 2.24) is 5.32 Å². The van der Waals surface area contributed by atoms with E-state index in [9.17, 15) is 9.90 Å². The van der Waals surface area contributed by atoms with Gasteiger partial charge in [0.05, 0.1) is 11.3 Å². The van der Waals surface area contributed by atoms with Crippen LogP contribution in [0.1, 0.15) is 24.1 Å². The summed E-state index contributed by atoms with van der Waals surface area (Å²) < 4.78 is 0. The zero-order valence-corrected chi connectivity index (χ0v) is 15.1. The van der Waals surface area contributed by atoms with Gasteiger partial charge < -0.3 is 10.4 Å². The number of hydrogen-bond acceptors (Lipinski definition) is 3. The van der Waals surface area contributed by atoms with Crippen molar-refractivity contribution in [3.63, 3.8) is 0 Å². The van der Waals surface area contributed by atoms with Crippen LogP contribution in [-0.4, -0.2) is 22.5 Å². The number of phenols is 1. The first-order chi connectivity index (χ1) is 12.1. The van der Waals surface area contributed by atoms with Gasteiger partial charge in [0.15, 0.2) is 0 Å². The molecule has 0 aliphatic carbocycles. The minimum Gasteiger partial charge on any atom is -0.508 e. The number of fused-ring (bicyclic) bond motifs is 1. The molecule has 3 nitrogen and oxygen atoms in total. The topological polar surface area (TPSA) is 49.3 Å². The lowest BCUT2D eigenvalue weighted by Crippen LogP contribution is -2.35. The molecular formula is C21H21NO2S. The molecule has 25 heavy (non-hydrogen) atoms. The van der Waals surface area contributed by atoms with E-state index in [1.165, 1.54) is 11.8 Å². The summed E-state index contributed by atoms with van der Waals surface area (Å²) in [5, 5.41) is 15.5. The monoisotopic (exact) mass is 351 g/mol. The molecule has 0 aliphatic heterocycles. The van der Waals surface area contributed by atoms with Crippen LogP contribution in [0.2, 0.25) is 0 Å². The number of thioether (sulfide) groups is 1. The number of amides is 1. The highest BCUT2D eigenvalue weighted by Crippen LogP contribution is 2.36. The number of phenolic OH excluding ortho intramolecular Hbond substituents is 1. The van der Waals surface area contributed by atoms with E-state index in [-0.39, 0.29) is 16.9 Å². The second kappa shape index (κ2) is 7.62. The van der Waals surface area contributed by atoms with E-state index < -0.39 is 6.04 Å². The van der Waals surface area contributed by atoms with E-state index in [4.69, 9.17) is 0 Å². The van der Waals surface area contributed by atoms with Crippen LogP contribution in [0.4, 0.5) is 0 Å². The van der Waals surface area contributed by atoms with Crippen molar-refractivity contribution in [2.24, 2.45) is 0 Å². The molecule has 0 unspecified atom stereocenters. The van der Waals surface area contributed by atoms with Crippen LogP contribution in [0.5, 0.6) is 5.75 Å². The maximum absolute atomic E-state index is 12.6. The first-order valence-electron chi connectivity index (χ1n) is 8.20. The predicted octanol–water partition coefficient (Wildman–Crippen LogP) is 4.50. The van der Waals surface area contributed by atoms with E-state index in [1.54, 1.807) is 6.07 Å². The van der Waals surface area contributed by atoms with Crippen LogP contribution in [0.25, 0.3) is 10.8 Å². The third kappa shape index (κ3) is 3.64. The van der Waals surface area contributed by atoms with Gasteiger partial charge in [-0.1, -0.05) is 60.7 Å². The average molecular weight is 351 g/mol. The summed E-state index contributed by atoms with van der Waals surface area (Å²) in [6.07, 6.45) is 1.91. The standard InChI is InChI=1S/C21H21NO2S/c1-14(25-2)21(24)22-20(16-9-4-3-5-10-16)19-17-11-7-6-8-15(17)12-13-18(19)23/h3-14,20,23H,1-2H3,(H,22,24)/t14-,20+/m1/s1. The number of aromatic hydroxyl groups is 1. The molecule has 0 spiro atoms. The molecule has 0 bridgehead atoms. The molecule has 0 aromatic heterocycles. The molecule has 0 radical (unpaired) electrons. The highest BCUT2D eigenvalue weighted by Gasteiger charge is 2.24. The maximum atomic E-state index is 12.6. The summed E-state index contributed by atoms with van der Waals surface area (Å²) in [6, 6.07) is 20.8. The average Bonchev–Trinajstić information content (AvgIpc) is 2.66. The third-order valence-electron chi connectivity index (χ3n) is 4.38. The van der Waals surface area contributed by atoms with E-state index >= 15 is 0 Å². The Morgan fingerprint density at radius 1 is 1.00 bits per heavy atom. The van der Waals surface area contributed by atoms with Gasteiger partial charge in [-0.2, -0.15) is 11.8 Å². The number of carbonyl (C=O) groups excluding carboxylic acids is 1. The van der Waals surface area contributed by atoms with Gasteiger partial charge in [0.2, 0.25) is 5.91 Å². The van der Waals surface area contributed by atoms with Crippen LogP contribution < -0.4 is 5.32 Å². The SMILES string of the molecule is CS[C@H](C)C(=O)N[C@@H](c1ccccc1)c1c(O)ccc2ccccc12. The van der Waals surface area contributed by atoms with Gasteiger partial charge in [-0.15, -0.1) is 0 Å². The summed E-state index contributed by atoms with van der Waals surface area (Å²) >= 11 is 1.50. The summed E-state index contributed by atoms with van der Waals surface area (Å²) in [7, 11) is 0. The molecule has 3 aromatic carbocycles. The van der Waals surface area contributed by atoms with Gasteiger partial charge in [0.1, 0.15) is 5.75 Å².